The third-order valence-corrected chi connectivity index (χ3v) is 4.41. The molecule has 0 bridgehead atoms. The maximum Gasteiger partial charge on any atom is 0.192 e. The summed E-state index contributed by atoms with van der Waals surface area (Å²) in [5.74, 6) is 2.15. The topological polar surface area (TPSA) is 89.2 Å². The van der Waals surface area contributed by atoms with E-state index in [2.05, 4.69) is 25.2 Å². The Morgan fingerprint density at radius 1 is 1.30 bits per heavy atom. The lowest BCUT2D eigenvalue weighted by atomic mass is 10.3. The van der Waals surface area contributed by atoms with Crippen LogP contribution in [0.4, 0.5) is 17.3 Å². The van der Waals surface area contributed by atoms with Crippen molar-refractivity contribution in [3.8, 4) is 0 Å². The lowest BCUT2D eigenvalue weighted by molar-refractivity contribution is 0.122. The molecule has 2 aromatic rings. The molecule has 8 heteroatoms. The number of anilines is 3. The van der Waals surface area contributed by atoms with E-state index >= 15 is 0 Å². The fraction of sp³-hybridized carbons (Fsp3) is 0.400. The van der Waals surface area contributed by atoms with Crippen molar-refractivity contribution in [3.05, 3.63) is 30.1 Å². The predicted octanol–water partition coefficient (Wildman–Crippen LogP) is 1.62. The van der Waals surface area contributed by atoms with Gasteiger partial charge in [0.15, 0.2) is 16.8 Å². The zero-order valence-corrected chi connectivity index (χ0v) is 13.8. The van der Waals surface area contributed by atoms with Gasteiger partial charge in [-0.1, -0.05) is 17.8 Å². The molecule has 3 rings (SSSR count). The molecule has 3 N–H and O–H groups in total. The quantitative estimate of drug-likeness (QED) is 0.631. The molecular weight excluding hydrogens is 312 g/mol. The standard InChI is InChI=1S/C15H20N6OS/c1-17-13-12(16)14(21-6-8-22-9-7-21)20-15(19-13)23-10-11-4-2-3-5-18-11/h2-5H,6-10,16H2,1H3,(H,17,19,20). The van der Waals surface area contributed by atoms with Gasteiger partial charge in [-0.05, 0) is 12.1 Å². The minimum Gasteiger partial charge on any atom is -0.393 e. The highest BCUT2D eigenvalue weighted by atomic mass is 32.2. The molecule has 0 radical (unpaired) electrons. The van der Waals surface area contributed by atoms with Crippen LogP contribution in [-0.2, 0) is 10.5 Å². The molecule has 7 nitrogen and oxygen atoms in total. The Kier molecular flexibility index (Phi) is 5.14. The number of pyridine rings is 1. The second-order valence-corrected chi connectivity index (χ2v) is 5.99. The number of aromatic nitrogens is 3. The van der Waals surface area contributed by atoms with E-state index in [9.17, 15) is 0 Å². The molecule has 1 fully saturated rings. The highest BCUT2D eigenvalue weighted by Crippen LogP contribution is 2.31. The Balaban J connectivity index is 1.82. The van der Waals surface area contributed by atoms with Crippen LogP contribution >= 0.6 is 11.8 Å². The highest BCUT2D eigenvalue weighted by molar-refractivity contribution is 7.98. The van der Waals surface area contributed by atoms with Crippen LogP contribution in [-0.4, -0.2) is 48.3 Å². The molecule has 0 amide bonds. The fourth-order valence-corrected chi connectivity index (χ4v) is 3.09. The van der Waals surface area contributed by atoms with Gasteiger partial charge in [0.05, 0.1) is 18.9 Å². The molecule has 23 heavy (non-hydrogen) atoms. The van der Waals surface area contributed by atoms with Gasteiger partial charge in [0.25, 0.3) is 0 Å². The number of thioether (sulfide) groups is 1. The highest BCUT2D eigenvalue weighted by Gasteiger charge is 2.19. The number of nitrogens with one attached hydrogen (secondary N) is 1. The fourth-order valence-electron chi connectivity index (χ4n) is 2.33. The van der Waals surface area contributed by atoms with Crippen LogP contribution in [0, 0.1) is 0 Å². The van der Waals surface area contributed by atoms with Crippen LogP contribution in [0.2, 0.25) is 0 Å². The van der Waals surface area contributed by atoms with E-state index in [0.717, 1.165) is 30.4 Å². The van der Waals surface area contributed by atoms with Crippen LogP contribution in [0.25, 0.3) is 0 Å². The summed E-state index contributed by atoms with van der Waals surface area (Å²) in [5, 5.41) is 3.74. The van der Waals surface area contributed by atoms with Gasteiger partial charge in [0.2, 0.25) is 0 Å². The number of nitrogens with two attached hydrogens (primary N) is 1. The monoisotopic (exact) mass is 332 g/mol. The third kappa shape index (κ3) is 3.83. The summed E-state index contributed by atoms with van der Waals surface area (Å²) >= 11 is 1.55. The molecule has 0 saturated carbocycles. The smallest absolute Gasteiger partial charge is 0.192 e. The summed E-state index contributed by atoms with van der Waals surface area (Å²) in [6, 6.07) is 5.88. The van der Waals surface area contributed by atoms with E-state index in [1.165, 1.54) is 0 Å². The summed E-state index contributed by atoms with van der Waals surface area (Å²) in [5.41, 5.74) is 7.79. The second-order valence-electron chi connectivity index (χ2n) is 5.05. The van der Waals surface area contributed by atoms with Gasteiger partial charge >= 0.3 is 0 Å². The van der Waals surface area contributed by atoms with Crippen molar-refractivity contribution in [1.29, 1.82) is 0 Å². The number of ether oxygens (including phenoxy) is 1. The largest absolute Gasteiger partial charge is 0.393 e. The van der Waals surface area contributed by atoms with Crippen LogP contribution < -0.4 is 16.0 Å². The first-order chi connectivity index (χ1) is 11.3. The Morgan fingerprint density at radius 3 is 2.83 bits per heavy atom. The molecule has 122 valence electrons. The van der Waals surface area contributed by atoms with Crippen LogP contribution in [0.5, 0.6) is 0 Å². The second kappa shape index (κ2) is 7.47. The Morgan fingerprint density at radius 2 is 2.13 bits per heavy atom. The zero-order valence-electron chi connectivity index (χ0n) is 13.0. The minimum atomic E-state index is 0.580. The van der Waals surface area contributed by atoms with Gasteiger partial charge in [-0.2, -0.15) is 0 Å². The van der Waals surface area contributed by atoms with Crippen molar-refractivity contribution in [2.24, 2.45) is 0 Å². The van der Waals surface area contributed by atoms with Gasteiger partial charge in [0.1, 0.15) is 5.69 Å². The number of morpholine rings is 1. The molecule has 0 aromatic carbocycles. The lowest BCUT2D eigenvalue weighted by Gasteiger charge is -2.29. The average molecular weight is 332 g/mol. The van der Waals surface area contributed by atoms with Crippen molar-refractivity contribution >= 4 is 29.1 Å². The molecular formula is C15H20N6OS. The van der Waals surface area contributed by atoms with Crippen molar-refractivity contribution in [3.63, 3.8) is 0 Å². The molecule has 0 aliphatic carbocycles. The number of nitrogen functional groups attached to an aromatic ring is 1. The van der Waals surface area contributed by atoms with E-state index in [1.54, 1.807) is 18.0 Å². The van der Waals surface area contributed by atoms with E-state index in [1.807, 2.05) is 25.2 Å². The predicted molar refractivity (Wildman–Crippen MR) is 92.8 cm³/mol. The van der Waals surface area contributed by atoms with Crippen molar-refractivity contribution in [2.75, 3.05) is 49.3 Å². The van der Waals surface area contributed by atoms with Crippen molar-refractivity contribution in [1.82, 2.24) is 15.0 Å². The number of hydrogen-bond donors (Lipinski definition) is 2. The van der Waals surface area contributed by atoms with E-state index in [-0.39, 0.29) is 0 Å². The Bertz CT molecular complexity index is 648. The Labute approximate surface area is 139 Å². The average Bonchev–Trinajstić information content (AvgIpc) is 2.62. The number of nitrogens with zero attached hydrogens (tertiary/aromatic N) is 4. The Hall–Kier alpha value is -2.06. The zero-order chi connectivity index (χ0) is 16.1. The number of hydrogen-bond acceptors (Lipinski definition) is 8. The molecule has 1 saturated heterocycles. The summed E-state index contributed by atoms with van der Waals surface area (Å²) in [6.45, 7) is 2.95. The van der Waals surface area contributed by atoms with Gasteiger partial charge in [-0.15, -0.1) is 0 Å². The third-order valence-electron chi connectivity index (χ3n) is 3.53. The maximum absolute atomic E-state index is 6.21. The van der Waals surface area contributed by atoms with E-state index in [0.29, 0.717) is 29.9 Å². The summed E-state index contributed by atoms with van der Waals surface area (Å²) < 4.78 is 5.40. The minimum absolute atomic E-state index is 0.580. The summed E-state index contributed by atoms with van der Waals surface area (Å²) in [4.78, 5) is 15.6. The first-order valence-corrected chi connectivity index (χ1v) is 8.47. The first-order valence-electron chi connectivity index (χ1n) is 7.48. The molecule has 0 atom stereocenters. The molecule has 2 aromatic heterocycles. The van der Waals surface area contributed by atoms with E-state index < -0.39 is 0 Å². The van der Waals surface area contributed by atoms with Crippen LogP contribution in [0.15, 0.2) is 29.6 Å². The first kappa shape index (κ1) is 15.8. The maximum atomic E-state index is 6.21. The van der Waals surface area contributed by atoms with Crippen LogP contribution in [0.3, 0.4) is 0 Å². The normalized spacial score (nSPS) is 14.7. The number of rotatable bonds is 5. The van der Waals surface area contributed by atoms with Crippen molar-refractivity contribution < 1.29 is 4.74 Å². The van der Waals surface area contributed by atoms with Crippen LogP contribution in [0.1, 0.15) is 5.69 Å². The van der Waals surface area contributed by atoms with E-state index in [4.69, 9.17) is 10.5 Å². The van der Waals surface area contributed by atoms with Crippen molar-refractivity contribution in [2.45, 2.75) is 10.9 Å². The molecule has 1 aliphatic heterocycles. The van der Waals surface area contributed by atoms with Gasteiger partial charge < -0.3 is 20.7 Å². The summed E-state index contributed by atoms with van der Waals surface area (Å²) in [7, 11) is 1.81. The lowest BCUT2D eigenvalue weighted by Crippen LogP contribution is -2.37. The molecule has 0 unspecified atom stereocenters. The summed E-state index contributed by atoms with van der Waals surface area (Å²) in [6.07, 6.45) is 1.79. The van der Waals surface area contributed by atoms with Gasteiger partial charge in [-0.3, -0.25) is 4.98 Å². The molecule has 3 heterocycles. The van der Waals surface area contributed by atoms with Gasteiger partial charge in [-0.25, -0.2) is 9.97 Å². The molecule has 1 aliphatic rings. The SMILES string of the molecule is CNc1nc(SCc2ccccn2)nc(N2CCOCC2)c1N. The van der Waals surface area contributed by atoms with Gasteiger partial charge in [0, 0.05) is 32.1 Å². The molecule has 0 spiro atoms.